The number of nitrogens with one attached hydrogen (secondary N) is 1. The van der Waals surface area contributed by atoms with Crippen molar-refractivity contribution in [2.75, 3.05) is 13.7 Å². The molecule has 2 aromatic rings. The minimum Gasteiger partial charge on any atom is -0.497 e. The van der Waals surface area contributed by atoms with E-state index in [1.807, 2.05) is 37.4 Å². The molecule has 5 heteroatoms. The number of hydrogen-bond donors (Lipinski definition) is 2. The van der Waals surface area contributed by atoms with Crippen LogP contribution in [-0.4, -0.2) is 24.6 Å². The van der Waals surface area contributed by atoms with Crippen molar-refractivity contribution in [1.82, 2.24) is 10.3 Å². The number of nitrogens with two attached hydrogens (primary N) is 1. The number of guanidine groups is 1. The van der Waals surface area contributed by atoms with Crippen molar-refractivity contribution in [2.45, 2.75) is 19.9 Å². The highest BCUT2D eigenvalue weighted by Gasteiger charge is 1.97. The highest BCUT2D eigenvalue weighted by molar-refractivity contribution is 5.77. The Labute approximate surface area is 131 Å². The summed E-state index contributed by atoms with van der Waals surface area (Å²) in [6.45, 7) is 3.29. The third kappa shape index (κ3) is 5.09. The lowest BCUT2D eigenvalue weighted by molar-refractivity contribution is 0.414. The lowest BCUT2D eigenvalue weighted by Crippen LogP contribution is -2.33. The van der Waals surface area contributed by atoms with E-state index < -0.39 is 0 Å². The van der Waals surface area contributed by atoms with Gasteiger partial charge in [-0.25, -0.2) is 4.99 Å². The van der Waals surface area contributed by atoms with Crippen LogP contribution < -0.4 is 15.8 Å². The van der Waals surface area contributed by atoms with E-state index in [1.54, 1.807) is 13.3 Å². The highest BCUT2D eigenvalue weighted by Crippen LogP contribution is 2.11. The molecule has 0 aliphatic carbocycles. The van der Waals surface area contributed by atoms with Gasteiger partial charge in [-0.15, -0.1) is 0 Å². The van der Waals surface area contributed by atoms with Gasteiger partial charge in [-0.05, 0) is 42.2 Å². The Kier molecular flexibility index (Phi) is 5.77. The van der Waals surface area contributed by atoms with E-state index >= 15 is 0 Å². The smallest absolute Gasteiger partial charge is 0.188 e. The summed E-state index contributed by atoms with van der Waals surface area (Å²) in [5, 5.41) is 3.12. The molecule has 22 heavy (non-hydrogen) atoms. The highest BCUT2D eigenvalue weighted by atomic mass is 16.5. The summed E-state index contributed by atoms with van der Waals surface area (Å²) in [5.41, 5.74) is 9.27. The van der Waals surface area contributed by atoms with Gasteiger partial charge in [0.1, 0.15) is 5.75 Å². The summed E-state index contributed by atoms with van der Waals surface area (Å²) in [4.78, 5) is 8.45. The minimum atomic E-state index is 0.454. The molecule has 0 spiro atoms. The van der Waals surface area contributed by atoms with Crippen LogP contribution in [0, 0.1) is 6.92 Å². The van der Waals surface area contributed by atoms with Crippen molar-refractivity contribution in [3.63, 3.8) is 0 Å². The molecule has 3 N–H and O–H groups in total. The van der Waals surface area contributed by atoms with Crippen LogP contribution in [0.2, 0.25) is 0 Å². The van der Waals surface area contributed by atoms with Crippen LogP contribution in [-0.2, 0) is 13.0 Å². The average Bonchev–Trinajstić information content (AvgIpc) is 2.54. The normalized spacial score (nSPS) is 11.3. The Morgan fingerprint density at radius 3 is 2.68 bits per heavy atom. The van der Waals surface area contributed by atoms with Crippen LogP contribution in [0.5, 0.6) is 5.75 Å². The zero-order chi connectivity index (χ0) is 15.8. The van der Waals surface area contributed by atoms with E-state index in [0.717, 1.165) is 29.8 Å². The Balaban J connectivity index is 1.76. The molecule has 0 saturated carbocycles. The van der Waals surface area contributed by atoms with E-state index in [-0.39, 0.29) is 0 Å². The number of aryl methyl sites for hydroxylation is 1. The molecule has 0 aliphatic rings. The molecule has 5 nitrogen and oxygen atoms in total. The number of rotatable bonds is 6. The lowest BCUT2D eigenvalue weighted by atomic mass is 10.1. The molecule has 0 bridgehead atoms. The second-order valence-electron chi connectivity index (χ2n) is 5.10. The second kappa shape index (κ2) is 8.02. The standard InChI is InChI=1S/C17H22N4O/c1-13-9-15(11-19-10-13)12-21-17(18)20-8-7-14-3-5-16(22-2)6-4-14/h3-6,9-11H,7-8,12H2,1-2H3,(H3,18,20,21). The molecule has 1 aromatic heterocycles. The summed E-state index contributed by atoms with van der Waals surface area (Å²) in [6.07, 6.45) is 4.51. The number of aromatic nitrogens is 1. The van der Waals surface area contributed by atoms with Gasteiger partial charge in [0.2, 0.25) is 0 Å². The molecule has 116 valence electrons. The first-order valence-corrected chi connectivity index (χ1v) is 7.24. The van der Waals surface area contributed by atoms with Gasteiger partial charge in [0.25, 0.3) is 0 Å². The predicted octanol–water partition coefficient (Wildman–Crippen LogP) is 2.05. The van der Waals surface area contributed by atoms with Crippen LogP contribution in [0.25, 0.3) is 0 Å². The Hall–Kier alpha value is -2.56. The predicted molar refractivity (Wildman–Crippen MR) is 89.0 cm³/mol. The molecule has 1 heterocycles. The lowest BCUT2D eigenvalue weighted by Gasteiger charge is -2.07. The monoisotopic (exact) mass is 298 g/mol. The molecule has 0 unspecified atom stereocenters. The molecule has 0 aliphatic heterocycles. The van der Waals surface area contributed by atoms with Gasteiger partial charge in [-0.3, -0.25) is 4.98 Å². The topological polar surface area (TPSA) is 72.5 Å². The van der Waals surface area contributed by atoms with Gasteiger partial charge >= 0.3 is 0 Å². The van der Waals surface area contributed by atoms with Gasteiger partial charge in [0.15, 0.2) is 5.96 Å². The number of aliphatic imine (C=N–C) groups is 1. The van der Waals surface area contributed by atoms with Crippen LogP contribution in [0.15, 0.2) is 47.7 Å². The molecule has 0 amide bonds. The van der Waals surface area contributed by atoms with Gasteiger partial charge in [-0.2, -0.15) is 0 Å². The van der Waals surface area contributed by atoms with Crippen molar-refractivity contribution in [3.8, 4) is 5.75 Å². The first kappa shape index (κ1) is 15.8. The molecule has 1 aromatic carbocycles. The van der Waals surface area contributed by atoms with Crippen LogP contribution >= 0.6 is 0 Å². The van der Waals surface area contributed by atoms with E-state index in [9.17, 15) is 0 Å². The van der Waals surface area contributed by atoms with Gasteiger partial charge in [0.05, 0.1) is 13.7 Å². The molecular weight excluding hydrogens is 276 g/mol. The summed E-state index contributed by atoms with van der Waals surface area (Å²) in [6, 6.07) is 10.1. The Morgan fingerprint density at radius 2 is 2.00 bits per heavy atom. The number of nitrogens with zero attached hydrogens (tertiary/aromatic N) is 2. The quantitative estimate of drug-likeness (QED) is 0.632. The van der Waals surface area contributed by atoms with E-state index in [0.29, 0.717) is 12.5 Å². The van der Waals surface area contributed by atoms with Crippen LogP contribution in [0.1, 0.15) is 16.7 Å². The number of hydrogen-bond acceptors (Lipinski definition) is 3. The average molecular weight is 298 g/mol. The number of methoxy groups -OCH3 is 1. The fourth-order valence-corrected chi connectivity index (χ4v) is 2.06. The molecule has 0 atom stereocenters. The zero-order valence-corrected chi connectivity index (χ0v) is 13.0. The van der Waals surface area contributed by atoms with E-state index in [2.05, 4.69) is 21.4 Å². The SMILES string of the molecule is COc1ccc(CCNC(N)=NCc2cncc(C)c2)cc1. The number of pyridine rings is 1. The maximum absolute atomic E-state index is 5.87. The van der Waals surface area contributed by atoms with Crippen molar-refractivity contribution < 1.29 is 4.74 Å². The van der Waals surface area contributed by atoms with Gasteiger partial charge < -0.3 is 15.8 Å². The maximum Gasteiger partial charge on any atom is 0.188 e. The largest absolute Gasteiger partial charge is 0.497 e. The van der Waals surface area contributed by atoms with E-state index in [4.69, 9.17) is 10.5 Å². The summed E-state index contributed by atoms with van der Waals surface area (Å²) in [5.74, 6) is 1.32. The molecule has 0 fully saturated rings. The third-order valence-electron chi connectivity index (χ3n) is 3.24. The Morgan fingerprint density at radius 1 is 1.23 bits per heavy atom. The van der Waals surface area contributed by atoms with Gasteiger partial charge in [0, 0.05) is 18.9 Å². The minimum absolute atomic E-state index is 0.454. The fourth-order valence-electron chi connectivity index (χ4n) is 2.06. The number of benzene rings is 1. The van der Waals surface area contributed by atoms with Crippen molar-refractivity contribution in [3.05, 3.63) is 59.4 Å². The Bertz CT molecular complexity index is 623. The number of ether oxygens (including phenoxy) is 1. The molecule has 0 saturated heterocycles. The van der Waals surface area contributed by atoms with Crippen molar-refractivity contribution in [2.24, 2.45) is 10.7 Å². The summed E-state index contributed by atoms with van der Waals surface area (Å²) < 4.78 is 5.13. The zero-order valence-electron chi connectivity index (χ0n) is 13.0. The van der Waals surface area contributed by atoms with Crippen LogP contribution in [0.4, 0.5) is 0 Å². The van der Waals surface area contributed by atoms with Gasteiger partial charge in [-0.1, -0.05) is 18.2 Å². The van der Waals surface area contributed by atoms with Crippen molar-refractivity contribution >= 4 is 5.96 Å². The molecule has 0 radical (unpaired) electrons. The molecule has 2 rings (SSSR count). The summed E-state index contributed by atoms with van der Waals surface area (Å²) in [7, 11) is 1.66. The van der Waals surface area contributed by atoms with Crippen molar-refractivity contribution in [1.29, 1.82) is 0 Å². The summed E-state index contributed by atoms with van der Waals surface area (Å²) >= 11 is 0. The first-order chi connectivity index (χ1) is 10.7. The third-order valence-corrected chi connectivity index (χ3v) is 3.24. The van der Waals surface area contributed by atoms with Crippen LogP contribution in [0.3, 0.4) is 0 Å². The maximum atomic E-state index is 5.87. The molecular formula is C17H22N4O. The fraction of sp³-hybridized carbons (Fsp3) is 0.294. The second-order valence-corrected chi connectivity index (χ2v) is 5.10. The van der Waals surface area contributed by atoms with E-state index in [1.165, 1.54) is 5.56 Å². The first-order valence-electron chi connectivity index (χ1n) is 7.24.